The zero-order valence-electron chi connectivity index (χ0n) is 17.8. The van der Waals surface area contributed by atoms with Gasteiger partial charge < -0.3 is 19.8 Å². The molecule has 1 spiro atoms. The number of anilines is 1. The lowest BCUT2D eigenvalue weighted by atomic mass is 9.73. The van der Waals surface area contributed by atoms with Gasteiger partial charge in [0, 0.05) is 24.5 Å². The van der Waals surface area contributed by atoms with Gasteiger partial charge in [0.15, 0.2) is 8.32 Å². The second-order valence-corrected chi connectivity index (χ2v) is 14.6. The van der Waals surface area contributed by atoms with Gasteiger partial charge in [-0.2, -0.15) is 0 Å². The van der Waals surface area contributed by atoms with Crippen molar-refractivity contribution in [2.45, 2.75) is 77.4 Å². The third kappa shape index (κ3) is 4.21. The van der Waals surface area contributed by atoms with Gasteiger partial charge in [0.25, 0.3) is 0 Å². The van der Waals surface area contributed by atoms with Crippen molar-refractivity contribution in [2.24, 2.45) is 11.1 Å². The first-order valence-electron chi connectivity index (χ1n) is 10.1. The third-order valence-corrected chi connectivity index (χ3v) is 11.5. The van der Waals surface area contributed by atoms with Gasteiger partial charge in [0.05, 0.1) is 37.4 Å². The monoisotopic (exact) mass is 392 g/mol. The minimum atomic E-state index is -1.77. The van der Waals surface area contributed by atoms with Crippen LogP contribution < -0.4 is 10.6 Å². The van der Waals surface area contributed by atoms with E-state index < -0.39 is 8.32 Å². The molecule has 2 fully saturated rings. The van der Waals surface area contributed by atoms with Gasteiger partial charge >= 0.3 is 0 Å². The molecule has 2 aliphatic rings. The number of piperidine rings is 1. The van der Waals surface area contributed by atoms with E-state index in [1.165, 1.54) is 0 Å². The van der Waals surface area contributed by atoms with Crippen LogP contribution in [0.15, 0.2) is 12.4 Å². The first-order valence-corrected chi connectivity index (χ1v) is 13.0. The number of ether oxygens (including phenoxy) is 1. The lowest BCUT2D eigenvalue weighted by Gasteiger charge is -2.41. The van der Waals surface area contributed by atoms with Crippen molar-refractivity contribution in [1.82, 2.24) is 9.97 Å². The Morgan fingerprint density at radius 1 is 1.26 bits per heavy atom. The normalized spacial score (nSPS) is 26.0. The van der Waals surface area contributed by atoms with Gasteiger partial charge in [-0.3, -0.25) is 4.98 Å². The van der Waals surface area contributed by atoms with E-state index >= 15 is 0 Å². The Bertz CT molecular complexity index is 636. The van der Waals surface area contributed by atoms with Crippen LogP contribution in [0.1, 0.15) is 46.2 Å². The highest BCUT2D eigenvalue weighted by molar-refractivity contribution is 6.74. The molecule has 0 aromatic carbocycles. The lowest BCUT2D eigenvalue weighted by molar-refractivity contribution is 0.0974. The molecule has 0 saturated carbocycles. The molecular formula is C20H36N4O2Si. The minimum Gasteiger partial charge on any atom is -0.411 e. The molecule has 2 N–H and O–H groups in total. The fourth-order valence-electron chi connectivity index (χ4n) is 3.71. The Morgan fingerprint density at radius 2 is 1.93 bits per heavy atom. The molecule has 0 unspecified atom stereocenters. The third-order valence-electron chi connectivity index (χ3n) is 7.01. The highest BCUT2D eigenvalue weighted by Gasteiger charge is 2.47. The van der Waals surface area contributed by atoms with Gasteiger partial charge in [0.2, 0.25) is 0 Å². The average molecular weight is 393 g/mol. The molecule has 0 amide bonds. The maximum atomic E-state index is 6.41. The van der Waals surface area contributed by atoms with Gasteiger partial charge in [-0.15, -0.1) is 0 Å². The van der Waals surface area contributed by atoms with Crippen LogP contribution in [0.5, 0.6) is 0 Å². The molecule has 152 valence electrons. The fourth-order valence-corrected chi connectivity index (χ4v) is 4.65. The Hall–Kier alpha value is -1.02. The number of aromatic nitrogens is 2. The first-order chi connectivity index (χ1) is 12.5. The minimum absolute atomic E-state index is 0.139. The van der Waals surface area contributed by atoms with Crippen molar-refractivity contribution >= 4 is 14.1 Å². The molecule has 3 rings (SSSR count). The summed E-state index contributed by atoms with van der Waals surface area (Å²) in [6.07, 6.45) is 6.01. The summed E-state index contributed by atoms with van der Waals surface area (Å²) in [6.45, 7) is 16.6. The number of rotatable bonds is 4. The summed E-state index contributed by atoms with van der Waals surface area (Å²) in [5.41, 5.74) is 7.45. The summed E-state index contributed by atoms with van der Waals surface area (Å²) in [5.74, 6) is 0.946. The van der Waals surface area contributed by atoms with Crippen LogP contribution in [0.4, 0.5) is 5.82 Å². The molecule has 2 atom stereocenters. The van der Waals surface area contributed by atoms with E-state index in [-0.39, 0.29) is 22.6 Å². The quantitative estimate of drug-likeness (QED) is 0.792. The van der Waals surface area contributed by atoms with Crippen molar-refractivity contribution in [3.63, 3.8) is 0 Å². The van der Waals surface area contributed by atoms with E-state index in [1.54, 1.807) is 0 Å². The maximum Gasteiger partial charge on any atom is 0.192 e. The molecule has 1 aromatic heterocycles. The van der Waals surface area contributed by atoms with Crippen LogP contribution in [0.3, 0.4) is 0 Å². The zero-order valence-corrected chi connectivity index (χ0v) is 18.8. The molecule has 1 aromatic rings. The number of hydrogen-bond acceptors (Lipinski definition) is 6. The molecule has 2 saturated heterocycles. The first kappa shape index (κ1) is 20.7. The predicted octanol–water partition coefficient (Wildman–Crippen LogP) is 3.33. The highest BCUT2D eigenvalue weighted by atomic mass is 28.4. The topological polar surface area (TPSA) is 73.5 Å². The molecule has 0 bridgehead atoms. The van der Waals surface area contributed by atoms with E-state index in [2.05, 4.69) is 55.7 Å². The van der Waals surface area contributed by atoms with Crippen LogP contribution >= 0.6 is 0 Å². The van der Waals surface area contributed by atoms with Crippen molar-refractivity contribution in [3.05, 3.63) is 18.1 Å². The zero-order chi connectivity index (χ0) is 19.9. The number of hydrogen-bond donors (Lipinski definition) is 1. The van der Waals surface area contributed by atoms with Crippen LogP contribution in [0.2, 0.25) is 18.1 Å². The lowest BCUT2D eigenvalue weighted by Crippen LogP contribution is -2.50. The molecule has 7 heteroatoms. The van der Waals surface area contributed by atoms with Crippen molar-refractivity contribution in [1.29, 1.82) is 0 Å². The molecule has 3 heterocycles. The van der Waals surface area contributed by atoms with E-state index in [4.69, 9.17) is 14.9 Å². The average Bonchev–Trinajstić information content (AvgIpc) is 2.89. The van der Waals surface area contributed by atoms with Gasteiger partial charge in [-0.25, -0.2) is 4.98 Å². The molecule has 0 radical (unpaired) electrons. The highest BCUT2D eigenvalue weighted by Crippen LogP contribution is 2.41. The number of nitrogens with two attached hydrogens (primary N) is 1. The van der Waals surface area contributed by atoms with E-state index in [1.807, 2.05) is 12.4 Å². The summed E-state index contributed by atoms with van der Waals surface area (Å²) in [6, 6.07) is 0.139. The Morgan fingerprint density at radius 3 is 2.41 bits per heavy atom. The molecule has 2 aliphatic heterocycles. The Balaban J connectivity index is 1.56. The second-order valence-electron chi connectivity index (χ2n) is 9.81. The Labute approximate surface area is 165 Å². The van der Waals surface area contributed by atoms with E-state index in [0.29, 0.717) is 6.61 Å². The van der Waals surface area contributed by atoms with Crippen molar-refractivity contribution in [2.75, 3.05) is 24.6 Å². The van der Waals surface area contributed by atoms with E-state index in [0.717, 1.165) is 44.0 Å². The largest absolute Gasteiger partial charge is 0.411 e. The van der Waals surface area contributed by atoms with Crippen LogP contribution in [-0.2, 0) is 15.8 Å². The van der Waals surface area contributed by atoms with Crippen LogP contribution in [0.25, 0.3) is 0 Å². The molecule has 27 heavy (non-hydrogen) atoms. The van der Waals surface area contributed by atoms with Crippen LogP contribution in [-0.4, -0.2) is 50.1 Å². The van der Waals surface area contributed by atoms with Crippen molar-refractivity contribution < 1.29 is 9.16 Å². The predicted molar refractivity (Wildman–Crippen MR) is 111 cm³/mol. The second kappa shape index (κ2) is 7.42. The SMILES string of the molecule is C[C@@H]1OCC2(CCN(c3cnc(CO[Si](C)(C)C(C)(C)C)cn3)CC2)[C@@H]1N. The summed E-state index contributed by atoms with van der Waals surface area (Å²) in [4.78, 5) is 11.6. The van der Waals surface area contributed by atoms with E-state index in [9.17, 15) is 0 Å². The molecular weight excluding hydrogens is 356 g/mol. The Kier molecular flexibility index (Phi) is 5.69. The standard InChI is InChI=1S/C20H36N4O2Si/c1-15-18(21)20(14-25-15)7-9-24(10-8-20)17-12-22-16(11-23-17)13-26-27(5,6)19(2,3)4/h11-12,15,18H,7-10,13-14,21H2,1-6H3/t15-,18+/m0/s1. The summed E-state index contributed by atoms with van der Waals surface area (Å²) in [7, 11) is -1.77. The fraction of sp³-hybridized carbons (Fsp3) is 0.800. The van der Waals surface area contributed by atoms with Gasteiger partial charge in [0.1, 0.15) is 5.82 Å². The number of nitrogens with zero attached hydrogens (tertiary/aromatic N) is 3. The summed E-state index contributed by atoms with van der Waals surface area (Å²) >= 11 is 0. The van der Waals surface area contributed by atoms with Gasteiger partial charge in [-0.1, -0.05) is 20.8 Å². The van der Waals surface area contributed by atoms with Gasteiger partial charge in [-0.05, 0) is 37.9 Å². The summed E-state index contributed by atoms with van der Waals surface area (Å²) in [5, 5.41) is 0.201. The smallest absolute Gasteiger partial charge is 0.192 e. The molecule has 6 nitrogen and oxygen atoms in total. The van der Waals surface area contributed by atoms with Crippen LogP contribution in [0, 0.1) is 5.41 Å². The summed E-state index contributed by atoms with van der Waals surface area (Å²) < 4.78 is 12.1. The molecule has 0 aliphatic carbocycles. The maximum absolute atomic E-state index is 6.41. The van der Waals surface area contributed by atoms with Crippen molar-refractivity contribution in [3.8, 4) is 0 Å².